The minimum Gasteiger partial charge on any atom is -0.480 e. The van der Waals surface area contributed by atoms with Crippen molar-refractivity contribution in [3.8, 4) is 0 Å². The molecule has 2 atom stereocenters. The Morgan fingerprint density at radius 2 is 1.60 bits per heavy atom. The second-order valence-corrected chi connectivity index (χ2v) is 4.76. The van der Waals surface area contributed by atoms with Gasteiger partial charge in [0.25, 0.3) is 0 Å². The summed E-state index contributed by atoms with van der Waals surface area (Å²) < 4.78 is 0. The number of urea groups is 1. The van der Waals surface area contributed by atoms with Crippen LogP contribution in [0.3, 0.4) is 0 Å². The maximum atomic E-state index is 11.9. The Hall–Kier alpha value is -2.32. The van der Waals surface area contributed by atoms with Gasteiger partial charge in [0.05, 0.1) is 6.42 Å². The predicted octanol–water partition coefficient (Wildman–Crippen LogP) is -1.49. The van der Waals surface area contributed by atoms with Gasteiger partial charge in [0.15, 0.2) is 0 Å². The van der Waals surface area contributed by atoms with Crippen LogP contribution < -0.4 is 22.1 Å². The van der Waals surface area contributed by atoms with E-state index in [1.54, 1.807) is 0 Å². The van der Waals surface area contributed by atoms with Crippen molar-refractivity contribution in [1.82, 2.24) is 10.6 Å². The van der Waals surface area contributed by atoms with Gasteiger partial charge in [-0.3, -0.25) is 9.59 Å². The molecule has 0 aliphatic carbocycles. The number of carbonyl (C=O) groups is 4. The molecule has 0 heterocycles. The van der Waals surface area contributed by atoms with Crippen molar-refractivity contribution in [2.24, 2.45) is 17.4 Å². The van der Waals surface area contributed by atoms with Crippen LogP contribution in [0.2, 0.25) is 0 Å². The molecule has 0 aromatic heterocycles. The zero-order chi connectivity index (χ0) is 15.9. The zero-order valence-corrected chi connectivity index (χ0v) is 11.4. The van der Waals surface area contributed by atoms with Gasteiger partial charge in [-0.2, -0.15) is 0 Å². The van der Waals surface area contributed by atoms with Gasteiger partial charge >= 0.3 is 12.0 Å². The lowest BCUT2D eigenvalue weighted by atomic mass is 10.0. The number of carboxylic acid groups (broad SMARTS) is 1. The molecule has 9 heteroatoms. The number of hydrogen-bond acceptors (Lipinski definition) is 4. The summed E-state index contributed by atoms with van der Waals surface area (Å²) in [6.45, 7) is 3.64. The van der Waals surface area contributed by atoms with Gasteiger partial charge in [-0.1, -0.05) is 13.8 Å². The molecule has 0 bridgehead atoms. The highest BCUT2D eigenvalue weighted by molar-refractivity contribution is 5.91. The number of carbonyl (C=O) groups excluding carboxylic acids is 3. The lowest BCUT2D eigenvalue weighted by Gasteiger charge is -2.21. The van der Waals surface area contributed by atoms with Crippen LogP contribution in [-0.4, -0.2) is 41.0 Å². The van der Waals surface area contributed by atoms with Crippen molar-refractivity contribution in [2.75, 3.05) is 0 Å². The van der Waals surface area contributed by atoms with Crippen molar-refractivity contribution in [3.63, 3.8) is 0 Å². The van der Waals surface area contributed by atoms with Crippen LogP contribution in [0.25, 0.3) is 0 Å². The van der Waals surface area contributed by atoms with Crippen LogP contribution in [0.4, 0.5) is 4.79 Å². The molecule has 1 unspecified atom stereocenters. The molecule has 0 radical (unpaired) electrons. The van der Waals surface area contributed by atoms with Crippen LogP contribution >= 0.6 is 0 Å². The number of hydrogen-bond donors (Lipinski definition) is 5. The first-order valence-corrected chi connectivity index (χ1v) is 6.01. The van der Waals surface area contributed by atoms with E-state index in [1.165, 1.54) is 0 Å². The van der Waals surface area contributed by atoms with E-state index in [9.17, 15) is 19.2 Å². The summed E-state index contributed by atoms with van der Waals surface area (Å²) in [4.78, 5) is 44.4. The van der Waals surface area contributed by atoms with E-state index in [1.807, 2.05) is 13.8 Å². The van der Waals surface area contributed by atoms with Crippen LogP contribution in [-0.2, 0) is 14.4 Å². The molecule has 0 aromatic carbocycles. The number of rotatable bonds is 8. The summed E-state index contributed by atoms with van der Waals surface area (Å²) in [6, 6.07) is -3.31. The van der Waals surface area contributed by atoms with E-state index in [0.29, 0.717) is 0 Å². The molecule has 0 aliphatic heterocycles. The van der Waals surface area contributed by atoms with Crippen molar-refractivity contribution in [1.29, 1.82) is 0 Å². The lowest BCUT2D eigenvalue weighted by Crippen LogP contribution is -2.53. The number of carboxylic acids is 1. The average Bonchev–Trinajstić information content (AvgIpc) is 2.24. The molecule has 0 spiro atoms. The highest BCUT2D eigenvalue weighted by Crippen LogP contribution is 2.05. The number of aliphatic carboxylic acids is 1. The van der Waals surface area contributed by atoms with E-state index in [4.69, 9.17) is 16.6 Å². The number of primary amides is 2. The number of amides is 4. The Morgan fingerprint density at radius 1 is 1.05 bits per heavy atom. The minimum absolute atomic E-state index is 0.0667. The summed E-state index contributed by atoms with van der Waals surface area (Å²) in [7, 11) is 0. The topological polar surface area (TPSA) is 165 Å². The molecule has 0 aromatic rings. The van der Waals surface area contributed by atoms with E-state index < -0.39 is 42.3 Å². The van der Waals surface area contributed by atoms with E-state index in [0.717, 1.165) is 0 Å². The number of nitrogens with one attached hydrogen (secondary N) is 2. The van der Waals surface area contributed by atoms with E-state index >= 15 is 0 Å². The van der Waals surface area contributed by atoms with Crippen molar-refractivity contribution < 1.29 is 24.3 Å². The molecule has 4 amide bonds. The Labute approximate surface area is 116 Å². The molecule has 0 fully saturated rings. The average molecular weight is 288 g/mol. The van der Waals surface area contributed by atoms with Crippen LogP contribution in [0.1, 0.15) is 26.7 Å². The van der Waals surface area contributed by atoms with Gasteiger partial charge < -0.3 is 27.2 Å². The summed E-state index contributed by atoms with van der Waals surface area (Å²) in [5.41, 5.74) is 9.86. The van der Waals surface area contributed by atoms with Gasteiger partial charge in [0, 0.05) is 0 Å². The molecular formula is C11H20N4O5. The Morgan fingerprint density at radius 3 is 1.95 bits per heavy atom. The Kier molecular flexibility index (Phi) is 7.05. The Balaban J connectivity index is 4.81. The lowest BCUT2D eigenvalue weighted by molar-refractivity contribution is -0.143. The van der Waals surface area contributed by atoms with Gasteiger partial charge in [-0.15, -0.1) is 0 Å². The summed E-state index contributed by atoms with van der Waals surface area (Å²) in [6.07, 6.45) is -0.260. The quantitative estimate of drug-likeness (QED) is 0.366. The standard InChI is InChI=1S/C11H20N4O5/c1-5(2)3-6(15-11(13)20)9(17)14-7(10(18)19)4-8(12)16/h5-7H,3-4H2,1-2H3,(H2,12,16)(H,14,17)(H,18,19)(H3,13,15,20)/t6?,7-/m0/s1. The van der Waals surface area contributed by atoms with Gasteiger partial charge in [0.1, 0.15) is 12.1 Å². The third-order valence-corrected chi connectivity index (χ3v) is 2.36. The van der Waals surface area contributed by atoms with Crippen LogP contribution in [0.5, 0.6) is 0 Å². The van der Waals surface area contributed by atoms with Gasteiger partial charge in [0.2, 0.25) is 11.8 Å². The first-order chi connectivity index (χ1) is 9.13. The first kappa shape index (κ1) is 17.7. The largest absolute Gasteiger partial charge is 0.480 e. The second kappa shape index (κ2) is 7.97. The van der Waals surface area contributed by atoms with Crippen LogP contribution in [0, 0.1) is 5.92 Å². The monoisotopic (exact) mass is 288 g/mol. The highest BCUT2D eigenvalue weighted by Gasteiger charge is 2.27. The van der Waals surface area contributed by atoms with Crippen LogP contribution in [0.15, 0.2) is 0 Å². The maximum absolute atomic E-state index is 11.9. The number of nitrogens with two attached hydrogens (primary N) is 2. The third-order valence-electron chi connectivity index (χ3n) is 2.36. The highest BCUT2D eigenvalue weighted by atomic mass is 16.4. The van der Waals surface area contributed by atoms with Crippen molar-refractivity contribution in [3.05, 3.63) is 0 Å². The molecule has 9 nitrogen and oxygen atoms in total. The normalized spacial score (nSPS) is 13.3. The van der Waals surface area contributed by atoms with Gasteiger partial charge in [-0.25, -0.2) is 9.59 Å². The molecular weight excluding hydrogens is 268 g/mol. The molecule has 0 saturated heterocycles. The molecule has 0 rings (SSSR count). The fourth-order valence-corrected chi connectivity index (χ4v) is 1.55. The fourth-order valence-electron chi connectivity index (χ4n) is 1.55. The van der Waals surface area contributed by atoms with E-state index in [2.05, 4.69) is 10.6 Å². The molecule has 114 valence electrons. The van der Waals surface area contributed by atoms with Gasteiger partial charge in [-0.05, 0) is 12.3 Å². The SMILES string of the molecule is CC(C)CC(NC(N)=O)C(=O)N[C@@H](CC(N)=O)C(=O)O. The van der Waals surface area contributed by atoms with Crippen molar-refractivity contribution >= 4 is 23.8 Å². The maximum Gasteiger partial charge on any atom is 0.326 e. The zero-order valence-electron chi connectivity index (χ0n) is 11.4. The summed E-state index contributed by atoms with van der Waals surface area (Å²) >= 11 is 0. The molecule has 20 heavy (non-hydrogen) atoms. The fraction of sp³-hybridized carbons (Fsp3) is 0.636. The Bertz CT molecular complexity index is 396. The first-order valence-electron chi connectivity index (χ1n) is 6.01. The third kappa shape index (κ3) is 7.19. The second-order valence-electron chi connectivity index (χ2n) is 4.76. The molecule has 0 aliphatic rings. The summed E-state index contributed by atoms with van der Waals surface area (Å²) in [5.74, 6) is -2.91. The minimum atomic E-state index is -1.44. The van der Waals surface area contributed by atoms with E-state index in [-0.39, 0.29) is 12.3 Å². The summed E-state index contributed by atoms with van der Waals surface area (Å²) in [5, 5.41) is 13.3. The predicted molar refractivity (Wildman–Crippen MR) is 69.3 cm³/mol. The smallest absolute Gasteiger partial charge is 0.326 e. The van der Waals surface area contributed by atoms with Crippen molar-refractivity contribution in [2.45, 2.75) is 38.8 Å². The molecule has 7 N–H and O–H groups in total. The molecule has 0 saturated carbocycles.